The minimum atomic E-state index is 0.425. The second-order valence-corrected chi connectivity index (χ2v) is 12.1. The second kappa shape index (κ2) is 23.5. The summed E-state index contributed by atoms with van der Waals surface area (Å²) in [4.78, 5) is 15.1. The third kappa shape index (κ3) is 17.0. The van der Waals surface area contributed by atoms with E-state index < -0.39 is 0 Å². The van der Waals surface area contributed by atoms with Crippen LogP contribution in [0.15, 0.2) is 0 Å². The zero-order valence-electron chi connectivity index (χ0n) is 25.3. The molecule has 1 rings (SSSR count). The molecule has 0 N–H and O–H groups in total. The van der Waals surface area contributed by atoms with Crippen LogP contribution in [0.3, 0.4) is 0 Å². The molecule has 1 atom stereocenters. The van der Waals surface area contributed by atoms with E-state index in [0.717, 1.165) is 30.5 Å². The SMILES string of the molecule is CCCCCCCCCCCCCC[N+](CC)(CCCCCCCCCC)CN1CCCCCC1=O. The van der Waals surface area contributed by atoms with E-state index in [1.54, 1.807) is 0 Å². The Morgan fingerprint density at radius 2 is 0.972 bits per heavy atom. The number of nitrogens with zero attached hydrogens (tertiary/aromatic N) is 2. The molecule has 0 bridgehead atoms. The van der Waals surface area contributed by atoms with Crippen LogP contribution in [-0.2, 0) is 4.79 Å². The fourth-order valence-corrected chi connectivity index (χ4v) is 6.09. The Morgan fingerprint density at radius 3 is 1.39 bits per heavy atom. The molecular formula is C33H67N2O+. The molecular weight excluding hydrogens is 440 g/mol. The van der Waals surface area contributed by atoms with Crippen molar-refractivity contribution in [1.29, 1.82) is 0 Å². The third-order valence-electron chi connectivity index (χ3n) is 8.78. The van der Waals surface area contributed by atoms with Gasteiger partial charge in [-0.1, -0.05) is 123 Å². The van der Waals surface area contributed by atoms with Crippen LogP contribution in [0.1, 0.15) is 175 Å². The molecule has 3 nitrogen and oxygen atoms in total. The molecule has 0 aliphatic carbocycles. The van der Waals surface area contributed by atoms with Crippen molar-refractivity contribution in [1.82, 2.24) is 4.90 Å². The zero-order valence-corrected chi connectivity index (χ0v) is 25.3. The van der Waals surface area contributed by atoms with Gasteiger partial charge in [-0.3, -0.25) is 9.69 Å². The zero-order chi connectivity index (χ0) is 26.2. The van der Waals surface area contributed by atoms with Gasteiger partial charge in [0.25, 0.3) is 0 Å². The van der Waals surface area contributed by atoms with Crippen molar-refractivity contribution in [3.63, 3.8) is 0 Å². The largest absolute Gasteiger partial charge is 0.307 e. The molecule has 1 heterocycles. The van der Waals surface area contributed by atoms with Gasteiger partial charge in [-0.05, 0) is 45.4 Å². The molecule has 214 valence electrons. The summed E-state index contributed by atoms with van der Waals surface area (Å²) in [7, 11) is 0. The average Bonchev–Trinajstić information content (AvgIpc) is 3.09. The van der Waals surface area contributed by atoms with Gasteiger partial charge in [0.15, 0.2) is 6.67 Å². The van der Waals surface area contributed by atoms with Crippen molar-refractivity contribution in [3.05, 3.63) is 0 Å². The van der Waals surface area contributed by atoms with Crippen molar-refractivity contribution in [3.8, 4) is 0 Å². The first kappa shape index (κ1) is 33.5. The predicted molar refractivity (Wildman–Crippen MR) is 159 cm³/mol. The van der Waals surface area contributed by atoms with Crippen LogP contribution in [0.5, 0.6) is 0 Å². The van der Waals surface area contributed by atoms with E-state index >= 15 is 0 Å². The number of hydrogen-bond acceptors (Lipinski definition) is 1. The van der Waals surface area contributed by atoms with Crippen molar-refractivity contribution in [2.45, 2.75) is 175 Å². The highest BCUT2D eigenvalue weighted by Crippen LogP contribution is 2.20. The van der Waals surface area contributed by atoms with Crippen LogP contribution in [0.4, 0.5) is 0 Å². The number of amides is 1. The molecule has 1 aliphatic heterocycles. The first-order chi connectivity index (χ1) is 17.7. The van der Waals surface area contributed by atoms with Gasteiger partial charge in [0.1, 0.15) is 0 Å². The van der Waals surface area contributed by atoms with Crippen LogP contribution >= 0.6 is 0 Å². The number of carbonyl (C=O) groups excluding carboxylic acids is 1. The normalized spacial score (nSPS) is 16.3. The van der Waals surface area contributed by atoms with Gasteiger partial charge in [0.05, 0.1) is 19.6 Å². The average molecular weight is 508 g/mol. The van der Waals surface area contributed by atoms with Gasteiger partial charge in [-0.15, -0.1) is 0 Å². The second-order valence-electron chi connectivity index (χ2n) is 12.1. The van der Waals surface area contributed by atoms with Gasteiger partial charge >= 0.3 is 0 Å². The van der Waals surface area contributed by atoms with E-state index in [2.05, 4.69) is 25.7 Å². The fraction of sp³-hybridized carbons (Fsp3) is 0.970. The highest BCUT2D eigenvalue weighted by Gasteiger charge is 2.30. The lowest BCUT2D eigenvalue weighted by Crippen LogP contribution is -2.56. The summed E-state index contributed by atoms with van der Waals surface area (Å²) in [5.41, 5.74) is 0. The number of carbonyl (C=O) groups is 1. The van der Waals surface area contributed by atoms with Gasteiger partial charge < -0.3 is 4.48 Å². The van der Waals surface area contributed by atoms with Gasteiger partial charge in [-0.25, -0.2) is 0 Å². The van der Waals surface area contributed by atoms with Crippen molar-refractivity contribution in [2.75, 3.05) is 32.8 Å². The maximum absolute atomic E-state index is 12.8. The highest BCUT2D eigenvalue weighted by molar-refractivity contribution is 5.76. The van der Waals surface area contributed by atoms with E-state index in [4.69, 9.17) is 0 Å². The van der Waals surface area contributed by atoms with Crippen molar-refractivity contribution in [2.24, 2.45) is 0 Å². The van der Waals surface area contributed by atoms with Crippen molar-refractivity contribution >= 4 is 5.91 Å². The first-order valence-electron chi connectivity index (χ1n) is 16.8. The van der Waals surface area contributed by atoms with E-state index in [1.165, 1.54) is 161 Å². The number of likely N-dealkylation sites (tertiary alicyclic amines) is 1. The Bertz CT molecular complexity index is 494. The van der Waals surface area contributed by atoms with E-state index in [-0.39, 0.29) is 0 Å². The van der Waals surface area contributed by atoms with Crippen LogP contribution in [0.2, 0.25) is 0 Å². The molecule has 0 aromatic rings. The lowest BCUT2D eigenvalue weighted by Gasteiger charge is -2.41. The quantitative estimate of drug-likeness (QED) is 0.0889. The first-order valence-corrected chi connectivity index (χ1v) is 16.8. The Morgan fingerprint density at radius 1 is 0.556 bits per heavy atom. The molecule has 1 amide bonds. The maximum Gasteiger partial charge on any atom is 0.226 e. The number of unbranched alkanes of at least 4 members (excludes halogenated alkanes) is 18. The topological polar surface area (TPSA) is 20.3 Å². The summed E-state index contributed by atoms with van der Waals surface area (Å²) in [6.45, 7) is 12.7. The molecule has 1 unspecified atom stereocenters. The molecule has 36 heavy (non-hydrogen) atoms. The summed E-state index contributed by atoms with van der Waals surface area (Å²) >= 11 is 0. The van der Waals surface area contributed by atoms with Gasteiger partial charge in [-0.2, -0.15) is 0 Å². The lowest BCUT2D eigenvalue weighted by molar-refractivity contribution is -0.935. The number of quaternary nitrogens is 1. The van der Waals surface area contributed by atoms with Crippen LogP contribution in [0.25, 0.3) is 0 Å². The number of rotatable bonds is 25. The monoisotopic (exact) mass is 508 g/mol. The Kier molecular flexibility index (Phi) is 21.9. The molecule has 1 fully saturated rings. The van der Waals surface area contributed by atoms with Crippen molar-refractivity contribution < 1.29 is 9.28 Å². The Hall–Kier alpha value is -0.570. The summed E-state index contributed by atoms with van der Waals surface area (Å²) in [5.74, 6) is 0.425. The predicted octanol–water partition coefficient (Wildman–Crippen LogP) is 10.0. The highest BCUT2D eigenvalue weighted by atomic mass is 16.2. The molecule has 0 aromatic carbocycles. The summed E-state index contributed by atoms with van der Waals surface area (Å²) < 4.78 is 1.15. The van der Waals surface area contributed by atoms with E-state index in [0.29, 0.717) is 5.91 Å². The van der Waals surface area contributed by atoms with Crippen LogP contribution in [0, 0.1) is 0 Å². The Balaban J connectivity index is 2.37. The molecule has 1 saturated heterocycles. The summed E-state index contributed by atoms with van der Waals surface area (Å²) in [5, 5.41) is 0. The molecule has 0 spiro atoms. The smallest absolute Gasteiger partial charge is 0.226 e. The van der Waals surface area contributed by atoms with E-state index in [1.807, 2.05) is 0 Å². The molecule has 0 saturated carbocycles. The minimum Gasteiger partial charge on any atom is -0.307 e. The van der Waals surface area contributed by atoms with E-state index in [9.17, 15) is 4.79 Å². The standard InChI is InChI=1S/C33H67N2O/c1-4-7-9-11-13-15-16-17-18-20-22-27-31-35(6-3,30-26-21-19-14-12-10-8-5-2)32-34-29-25-23-24-28-33(34)36/h4-32H2,1-3H3/q+1. The fourth-order valence-electron chi connectivity index (χ4n) is 6.09. The molecule has 1 aliphatic rings. The molecule has 3 heteroatoms. The number of hydrogen-bond donors (Lipinski definition) is 0. The van der Waals surface area contributed by atoms with Crippen LogP contribution in [-0.4, -0.2) is 48.1 Å². The van der Waals surface area contributed by atoms with Gasteiger partial charge in [0, 0.05) is 13.0 Å². The summed E-state index contributed by atoms with van der Waals surface area (Å²) in [6, 6.07) is 0. The van der Waals surface area contributed by atoms with Gasteiger partial charge in [0.2, 0.25) is 5.91 Å². The minimum absolute atomic E-state index is 0.425. The Labute approximate surface area is 227 Å². The third-order valence-corrected chi connectivity index (χ3v) is 8.78. The molecule has 0 aromatic heterocycles. The van der Waals surface area contributed by atoms with Crippen LogP contribution < -0.4 is 0 Å². The summed E-state index contributed by atoms with van der Waals surface area (Å²) in [6.07, 6.45) is 32.4. The lowest BCUT2D eigenvalue weighted by atomic mass is 10.0. The maximum atomic E-state index is 12.8. The molecule has 0 radical (unpaired) electrons.